The Labute approximate surface area is 147 Å². The van der Waals surface area contributed by atoms with Crippen LogP contribution in [0.4, 0.5) is 10.2 Å². The average molecular weight is 344 g/mol. The number of hydrogen-bond donors (Lipinski definition) is 1. The van der Waals surface area contributed by atoms with Gasteiger partial charge in [-0.2, -0.15) is 0 Å². The molecular weight excluding hydrogens is 331 g/mol. The summed E-state index contributed by atoms with van der Waals surface area (Å²) in [5.41, 5.74) is 10.4. The molecule has 0 saturated carbocycles. The van der Waals surface area contributed by atoms with E-state index in [4.69, 9.17) is 5.73 Å². The molecule has 0 bridgehead atoms. The van der Waals surface area contributed by atoms with E-state index in [2.05, 4.69) is 15.0 Å². The SMILES string of the molecule is Nc1nc(-c2cccc(F)c2)c(-c2ccc3nccn3c2)n2ccnc12. The first-order valence-corrected chi connectivity index (χ1v) is 8.02. The van der Waals surface area contributed by atoms with Gasteiger partial charge >= 0.3 is 0 Å². The number of imidazole rings is 2. The highest BCUT2D eigenvalue weighted by atomic mass is 19.1. The monoisotopic (exact) mass is 344 g/mol. The number of pyridine rings is 1. The molecule has 0 unspecified atom stereocenters. The Morgan fingerprint density at radius 1 is 0.962 bits per heavy atom. The van der Waals surface area contributed by atoms with Gasteiger partial charge in [0.25, 0.3) is 0 Å². The van der Waals surface area contributed by atoms with Crippen molar-refractivity contribution in [3.8, 4) is 22.5 Å². The maximum atomic E-state index is 13.8. The third kappa shape index (κ3) is 2.14. The molecule has 6 nitrogen and oxygen atoms in total. The predicted molar refractivity (Wildman–Crippen MR) is 97.0 cm³/mol. The highest BCUT2D eigenvalue weighted by Crippen LogP contribution is 2.33. The van der Waals surface area contributed by atoms with E-state index in [0.29, 0.717) is 22.7 Å². The van der Waals surface area contributed by atoms with Gasteiger partial charge in [0.05, 0.1) is 11.4 Å². The van der Waals surface area contributed by atoms with Gasteiger partial charge < -0.3 is 10.1 Å². The van der Waals surface area contributed by atoms with Crippen molar-refractivity contribution in [1.82, 2.24) is 23.8 Å². The van der Waals surface area contributed by atoms with Crippen molar-refractivity contribution in [2.24, 2.45) is 0 Å². The van der Waals surface area contributed by atoms with Crippen LogP contribution in [0, 0.1) is 5.82 Å². The summed E-state index contributed by atoms with van der Waals surface area (Å²) in [5, 5.41) is 0. The summed E-state index contributed by atoms with van der Waals surface area (Å²) in [5.74, 6) is -0.0358. The van der Waals surface area contributed by atoms with Crippen LogP contribution in [-0.2, 0) is 0 Å². The molecule has 0 aliphatic carbocycles. The van der Waals surface area contributed by atoms with Gasteiger partial charge in [-0.05, 0) is 24.3 Å². The first-order valence-electron chi connectivity index (χ1n) is 8.02. The van der Waals surface area contributed by atoms with Gasteiger partial charge in [0.1, 0.15) is 11.5 Å². The fourth-order valence-electron chi connectivity index (χ4n) is 3.18. The van der Waals surface area contributed by atoms with Crippen LogP contribution in [0.15, 0.2) is 67.4 Å². The summed E-state index contributed by atoms with van der Waals surface area (Å²) in [6, 6.07) is 10.2. The molecule has 0 amide bonds. The number of nitrogens with two attached hydrogens (primary N) is 1. The van der Waals surface area contributed by atoms with E-state index < -0.39 is 0 Å². The Bertz CT molecular complexity index is 1270. The van der Waals surface area contributed by atoms with Crippen LogP contribution < -0.4 is 5.73 Å². The zero-order valence-electron chi connectivity index (χ0n) is 13.5. The highest BCUT2D eigenvalue weighted by molar-refractivity contribution is 5.83. The number of anilines is 1. The highest BCUT2D eigenvalue weighted by Gasteiger charge is 2.17. The van der Waals surface area contributed by atoms with E-state index in [-0.39, 0.29) is 5.82 Å². The topological polar surface area (TPSA) is 73.5 Å². The molecule has 2 N–H and O–H groups in total. The number of halogens is 1. The minimum atomic E-state index is -0.329. The molecule has 0 spiro atoms. The smallest absolute Gasteiger partial charge is 0.180 e. The van der Waals surface area contributed by atoms with E-state index >= 15 is 0 Å². The fraction of sp³-hybridized carbons (Fsp3) is 0. The van der Waals surface area contributed by atoms with Gasteiger partial charge in [0.15, 0.2) is 11.5 Å². The maximum Gasteiger partial charge on any atom is 0.180 e. The fourth-order valence-corrected chi connectivity index (χ4v) is 3.18. The van der Waals surface area contributed by atoms with Gasteiger partial charge in [-0.15, -0.1) is 0 Å². The largest absolute Gasteiger partial charge is 0.381 e. The molecule has 126 valence electrons. The molecule has 5 aromatic rings. The Morgan fingerprint density at radius 2 is 1.85 bits per heavy atom. The standard InChI is InChI=1S/C19H13FN6/c20-14-3-1-2-12(10-14)16-17(26-9-7-23-19(26)18(21)24-16)13-4-5-15-22-6-8-25(15)11-13/h1-11H,(H2,21,24). The van der Waals surface area contributed by atoms with Crippen LogP contribution >= 0.6 is 0 Å². The lowest BCUT2D eigenvalue weighted by molar-refractivity contribution is 0.628. The van der Waals surface area contributed by atoms with Crippen molar-refractivity contribution in [2.45, 2.75) is 0 Å². The molecule has 0 aliphatic heterocycles. The van der Waals surface area contributed by atoms with Crippen LogP contribution in [0.25, 0.3) is 33.8 Å². The second kappa shape index (κ2) is 5.38. The second-order valence-electron chi connectivity index (χ2n) is 5.94. The summed E-state index contributed by atoms with van der Waals surface area (Å²) < 4.78 is 17.6. The zero-order valence-corrected chi connectivity index (χ0v) is 13.5. The Kier molecular flexibility index (Phi) is 3.02. The quantitative estimate of drug-likeness (QED) is 0.532. The molecule has 0 aliphatic rings. The van der Waals surface area contributed by atoms with Crippen molar-refractivity contribution < 1.29 is 4.39 Å². The molecular formula is C19H13FN6. The first-order chi connectivity index (χ1) is 12.7. The molecule has 0 atom stereocenters. The van der Waals surface area contributed by atoms with Crippen LogP contribution in [0.2, 0.25) is 0 Å². The van der Waals surface area contributed by atoms with Crippen molar-refractivity contribution >= 4 is 17.1 Å². The van der Waals surface area contributed by atoms with E-state index in [1.54, 1.807) is 18.5 Å². The van der Waals surface area contributed by atoms with E-state index in [0.717, 1.165) is 16.9 Å². The normalized spacial score (nSPS) is 11.4. The summed E-state index contributed by atoms with van der Waals surface area (Å²) in [6.45, 7) is 0. The van der Waals surface area contributed by atoms with Gasteiger partial charge in [-0.1, -0.05) is 12.1 Å². The van der Waals surface area contributed by atoms with E-state index in [9.17, 15) is 4.39 Å². The Balaban J connectivity index is 1.88. The third-order valence-corrected chi connectivity index (χ3v) is 4.33. The van der Waals surface area contributed by atoms with Crippen molar-refractivity contribution in [2.75, 3.05) is 5.73 Å². The molecule has 7 heteroatoms. The third-order valence-electron chi connectivity index (χ3n) is 4.33. The lowest BCUT2D eigenvalue weighted by atomic mass is 10.0. The van der Waals surface area contributed by atoms with Gasteiger partial charge in [-0.25, -0.2) is 19.3 Å². The molecule has 0 fully saturated rings. The molecule has 4 aromatic heterocycles. The Morgan fingerprint density at radius 3 is 2.73 bits per heavy atom. The number of rotatable bonds is 2. The predicted octanol–water partition coefficient (Wildman–Crippen LogP) is 3.43. The Hall–Kier alpha value is -3.74. The second-order valence-corrected chi connectivity index (χ2v) is 5.94. The molecule has 5 rings (SSSR count). The van der Waals surface area contributed by atoms with Gasteiger partial charge in [-0.3, -0.25) is 4.40 Å². The average Bonchev–Trinajstić information content (AvgIpc) is 3.30. The number of benzene rings is 1. The summed E-state index contributed by atoms with van der Waals surface area (Å²) in [7, 11) is 0. The number of nitrogen functional groups attached to an aromatic ring is 1. The van der Waals surface area contributed by atoms with E-state index in [1.165, 1.54) is 12.1 Å². The van der Waals surface area contributed by atoms with Crippen LogP contribution in [0.3, 0.4) is 0 Å². The van der Waals surface area contributed by atoms with Gasteiger partial charge in [0, 0.05) is 42.1 Å². The summed E-state index contributed by atoms with van der Waals surface area (Å²) in [6.07, 6.45) is 9.06. The van der Waals surface area contributed by atoms with Crippen molar-refractivity contribution in [3.05, 3.63) is 73.2 Å². The number of fused-ring (bicyclic) bond motifs is 2. The van der Waals surface area contributed by atoms with Crippen molar-refractivity contribution in [1.29, 1.82) is 0 Å². The minimum absolute atomic E-state index is 0.293. The molecule has 26 heavy (non-hydrogen) atoms. The molecule has 0 saturated heterocycles. The van der Waals surface area contributed by atoms with E-state index in [1.807, 2.05) is 45.6 Å². The van der Waals surface area contributed by atoms with Crippen molar-refractivity contribution in [3.63, 3.8) is 0 Å². The first kappa shape index (κ1) is 14.6. The van der Waals surface area contributed by atoms with Crippen LogP contribution in [0.1, 0.15) is 0 Å². The summed E-state index contributed by atoms with van der Waals surface area (Å²) in [4.78, 5) is 13.1. The molecule has 1 aromatic carbocycles. The van der Waals surface area contributed by atoms with Crippen LogP contribution in [0.5, 0.6) is 0 Å². The van der Waals surface area contributed by atoms with Crippen LogP contribution in [-0.4, -0.2) is 23.8 Å². The number of aromatic nitrogens is 5. The molecule has 0 radical (unpaired) electrons. The maximum absolute atomic E-state index is 13.8. The lowest BCUT2D eigenvalue weighted by Gasteiger charge is -2.14. The van der Waals surface area contributed by atoms with Gasteiger partial charge in [0.2, 0.25) is 0 Å². The zero-order chi connectivity index (χ0) is 17.7. The minimum Gasteiger partial charge on any atom is -0.381 e. The number of nitrogens with zero attached hydrogens (tertiary/aromatic N) is 5. The summed E-state index contributed by atoms with van der Waals surface area (Å²) >= 11 is 0. The molecule has 4 heterocycles. The lowest BCUT2D eigenvalue weighted by Crippen LogP contribution is -2.04. The number of hydrogen-bond acceptors (Lipinski definition) is 4.